The van der Waals surface area contributed by atoms with Crippen LogP contribution in [-0.4, -0.2) is 20.2 Å². The molecule has 0 aromatic heterocycles. The van der Waals surface area contributed by atoms with Crippen molar-refractivity contribution in [2.45, 2.75) is 0 Å². The Morgan fingerprint density at radius 2 is 2.08 bits per heavy atom. The number of methoxy groups -OCH3 is 2. The van der Waals surface area contributed by atoms with Gasteiger partial charge in [-0.25, -0.2) is 9.18 Å². The highest BCUT2D eigenvalue weighted by molar-refractivity contribution is 5.89. The van der Waals surface area contributed by atoms with Crippen LogP contribution in [0.2, 0.25) is 0 Å². The number of benzene rings is 1. The summed E-state index contributed by atoms with van der Waals surface area (Å²) < 4.78 is 22.2. The smallest absolute Gasteiger partial charge is 0.340 e. The minimum absolute atomic E-state index is 0.0942. The summed E-state index contributed by atoms with van der Waals surface area (Å²) >= 11 is 0. The first-order valence-electron chi connectivity index (χ1n) is 3.61. The number of esters is 1. The number of carbonyl (C=O) groups is 1. The highest BCUT2D eigenvalue weighted by Crippen LogP contribution is 2.16. The number of hydrogen-bond donors (Lipinski definition) is 0. The van der Waals surface area contributed by atoms with Gasteiger partial charge in [0.05, 0.1) is 19.8 Å². The molecule has 0 saturated heterocycles. The van der Waals surface area contributed by atoms with Gasteiger partial charge < -0.3 is 9.47 Å². The van der Waals surface area contributed by atoms with Crippen molar-refractivity contribution in [3.63, 3.8) is 0 Å². The van der Waals surface area contributed by atoms with E-state index in [1.807, 2.05) is 0 Å². The molecule has 1 rings (SSSR count). The predicted molar refractivity (Wildman–Crippen MR) is 44.3 cm³/mol. The third-order valence-corrected chi connectivity index (χ3v) is 1.58. The van der Waals surface area contributed by atoms with Crippen molar-refractivity contribution in [3.8, 4) is 5.75 Å². The Morgan fingerprint density at radius 3 is 2.54 bits per heavy atom. The molecule has 70 valence electrons. The summed E-state index contributed by atoms with van der Waals surface area (Å²) in [6.45, 7) is 0. The molecule has 0 aliphatic carbocycles. The van der Waals surface area contributed by atoms with Gasteiger partial charge in [-0.05, 0) is 12.1 Å². The van der Waals surface area contributed by atoms with Gasteiger partial charge in [-0.1, -0.05) is 0 Å². The minimum atomic E-state index is -0.694. The SMILES string of the molecule is COC(=O)c1ccc(OC)cc1F. The molecule has 0 bridgehead atoms. The van der Waals surface area contributed by atoms with Crippen LogP contribution >= 0.6 is 0 Å². The van der Waals surface area contributed by atoms with Crippen molar-refractivity contribution in [2.24, 2.45) is 0 Å². The molecular formula is C9H9FO3. The summed E-state index contributed by atoms with van der Waals surface area (Å²) in [7, 11) is 2.62. The van der Waals surface area contributed by atoms with Crippen LogP contribution in [0.15, 0.2) is 18.2 Å². The van der Waals surface area contributed by atoms with E-state index in [1.54, 1.807) is 0 Å². The second kappa shape index (κ2) is 3.89. The van der Waals surface area contributed by atoms with Gasteiger partial charge in [0.25, 0.3) is 0 Å². The molecule has 0 radical (unpaired) electrons. The van der Waals surface area contributed by atoms with Crippen molar-refractivity contribution >= 4 is 5.97 Å². The summed E-state index contributed by atoms with van der Waals surface area (Å²) in [6, 6.07) is 3.95. The lowest BCUT2D eigenvalue weighted by atomic mass is 10.2. The Bertz CT molecular complexity index is 323. The fourth-order valence-electron chi connectivity index (χ4n) is 0.898. The van der Waals surface area contributed by atoms with Crippen LogP contribution in [0, 0.1) is 5.82 Å². The van der Waals surface area contributed by atoms with E-state index in [1.165, 1.54) is 26.4 Å². The van der Waals surface area contributed by atoms with Crippen LogP contribution in [0.4, 0.5) is 4.39 Å². The van der Waals surface area contributed by atoms with Crippen molar-refractivity contribution in [2.75, 3.05) is 14.2 Å². The zero-order valence-corrected chi connectivity index (χ0v) is 7.33. The molecule has 0 N–H and O–H groups in total. The molecule has 0 spiro atoms. The highest BCUT2D eigenvalue weighted by Gasteiger charge is 2.11. The van der Waals surface area contributed by atoms with E-state index in [0.717, 1.165) is 6.07 Å². The topological polar surface area (TPSA) is 35.5 Å². The molecule has 0 amide bonds. The molecular weight excluding hydrogens is 175 g/mol. The van der Waals surface area contributed by atoms with Crippen molar-refractivity contribution in [1.29, 1.82) is 0 Å². The summed E-state index contributed by atoms with van der Waals surface area (Å²) in [5, 5.41) is 0. The molecule has 1 aromatic carbocycles. The lowest BCUT2D eigenvalue weighted by Crippen LogP contribution is -2.04. The van der Waals surface area contributed by atoms with Crippen molar-refractivity contribution in [1.82, 2.24) is 0 Å². The number of hydrogen-bond acceptors (Lipinski definition) is 3. The third kappa shape index (κ3) is 1.96. The molecule has 0 atom stereocenters. The quantitative estimate of drug-likeness (QED) is 0.655. The van der Waals surface area contributed by atoms with Gasteiger partial charge in [-0.15, -0.1) is 0 Å². The average Bonchev–Trinajstić information content (AvgIpc) is 2.16. The van der Waals surface area contributed by atoms with Crippen LogP contribution in [-0.2, 0) is 4.74 Å². The van der Waals surface area contributed by atoms with E-state index >= 15 is 0 Å². The molecule has 0 unspecified atom stereocenters. The molecule has 0 saturated carbocycles. The molecule has 13 heavy (non-hydrogen) atoms. The fraction of sp³-hybridized carbons (Fsp3) is 0.222. The molecule has 1 aromatic rings. The van der Waals surface area contributed by atoms with Crippen molar-refractivity contribution in [3.05, 3.63) is 29.6 Å². The van der Waals surface area contributed by atoms with Crippen LogP contribution in [0.1, 0.15) is 10.4 Å². The standard InChI is InChI=1S/C9H9FO3/c1-12-6-3-4-7(8(10)5-6)9(11)13-2/h3-5H,1-2H3. The van der Waals surface area contributed by atoms with E-state index in [0.29, 0.717) is 5.75 Å². The average molecular weight is 184 g/mol. The van der Waals surface area contributed by atoms with E-state index in [4.69, 9.17) is 4.74 Å². The van der Waals surface area contributed by atoms with E-state index < -0.39 is 11.8 Å². The number of carbonyl (C=O) groups excluding carboxylic acids is 1. The van der Waals surface area contributed by atoms with E-state index in [-0.39, 0.29) is 5.56 Å². The van der Waals surface area contributed by atoms with Gasteiger partial charge in [0.15, 0.2) is 0 Å². The number of rotatable bonds is 2. The summed E-state index contributed by atoms with van der Waals surface area (Å²) in [5.74, 6) is -0.975. The van der Waals surface area contributed by atoms with Gasteiger partial charge in [0.1, 0.15) is 11.6 Å². The molecule has 0 heterocycles. The second-order valence-corrected chi connectivity index (χ2v) is 2.34. The van der Waals surface area contributed by atoms with Crippen LogP contribution < -0.4 is 4.74 Å². The highest BCUT2D eigenvalue weighted by atomic mass is 19.1. The Morgan fingerprint density at radius 1 is 1.38 bits per heavy atom. The summed E-state index contributed by atoms with van der Waals surface area (Å²) in [6.07, 6.45) is 0. The maximum atomic E-state index is 13.1. The Balaban J connectivity index is 3.05. The first-order valence-corrected chi connectivity index (χ1v) is 3.61. The van der Waals surface area contributed by atoms with Gasteiger partial charge in [0.2, 0.25) is 0 Å². The number of ether oxygens (including phenoxy) is 2. The van der Waals surface area contributed by atoms with Gasteiger partial charge in [-0.2, -0.15) is 0 Å². The lowest BCUT2D eigenvalue weighted by molar-refractivity contribution is 0.0595. The molecule has 0 aliphatic heterocycles. The van der Waals surface area contributed by atoms with Crippen LogP contribution in [0.5, 0.6) is 5.75 Å². The van der Waals surface area contributed by atoms with Gasteiger partial charge in [0, 0.05) is 6.07 Å². The van der Waals surface area contributed by atoms with Gasteiger partial charge in [-0.3, -0.25) is 0 Å². The lowest BCUT2D eigenvalue weighted by Gasteiger charge is -2.03. The maximum absolute atomic E-state index is 13.1. The fourth-order valence-corrected chi connectivity index (χ4v) is 0.898. The van der Waals surface area contributed by atoms with Crippen molar-refractivity contribution < 1.29 is 18.7 Å². The van der Waals surface area contributed by atoms with Gasteiger partial charge >= 0.3 is 5.97 Å². The third-order valence-electron chi connectivity index (χ3n) is 1.58. The van der Waals surface area contributed by atoms with E-state index in [9.17, 15) is 9.18 Å². The van der Waals surface area contributed by atoms with E-state index in [2.05, 4.69) is 4.74 Å². The van der Waals surface area contributed by atoms with Crippen LogP contribution in [0.3, 0.4) is 0 Å². The molecule has 0 aliphatic rings. The first kappa shape index (κ1) is 9.51. The second-order valence-electron chi connectivity index (χ2n) is 2.34. The van der Waals surface area contributed by atoms with Crippen LogP contribution in [0.25, 0.3) is 0 Å². The minimum Gasteiger partial charge on any atom is -0.497 e. The Labute approximate surface area is 75.1 Å². The Kier molecular flexibility index (Phi) is 2.84. The largest absolute Gasteiger partial charge is 0.497 e. The number of halogens is 1. The normalized spacial score (nSPS) is 9.46. The zero-order valence-electron chi connectivity index (χ0n) is 7.33. The Hall–Kier alpha value is -1.58. The zero-order chi connectivity index (χ0) is 9.84. The predicted octanol–water partition coefficient (Wildman–Crippen LogP) is 1.62. The maximum Gasteiger partial charge on any atom is 0.340 e. The summed E-state index contributed by atoms with van der Waals surface area (Å²) in [4.78, 5) is 10.9. The molecule has 4 heteroatoms. The summed E-state index contributed by atoms with van der Waals surface area (Å²) in [5.41, 5.74) is -0.0942. The monoisotopic (exact) mass is 184 g/mol. The first-order chi connectivity index (χ1) is 6.19. The molecule has 0 fully saturated rings. The molecule has 3 nitrogen and oxygen atoms in total.